The van der Waals surface area contributed by atoms with E-state index in [9.17, 15) is 14.9 Å². The number of carbonyl (C=O) groups is 1. The van der Waals surface area contributed by atoms with Crippen molar-refractivity contribution >= 4 is 11.6 Å². The molecule has 0 radical (unpaired) electrons. The molecule has 1 heterocycles. The highest BCUT2D eigenvalue weighted by atomic mass is 16.6. The second-order valence-corrected chi connectivity index (χ2v) is 5.18. The Morgan fingerprint density at radius 2 is 2.30 bits per heavy atom. The molecule has 1 aromatic heterocycles. The first-order valence-corrected chi connectivity index (χ1v) is 6.81. The van der Waals surface area contributed by atoms with E-state index in [1.165, 1.54) is 12.3 Å². The van der Waals surface area contributed by atoms with Gasteiger partial charge in [-0.05, 0) is 25.7 Å². The van der Waals surface area contributed by atoms with Gasteiger partial charge in [0.2, 0.25) is 0 Å². The Kier molecular flexibility index (Phi) is 4.08. The lowest BCUT2D eigenvalue weighted by Crippen LogP contribution is -2.43. The number of nitrogens with two attached hydrogens (primary N) is 1. The molecule has 2 rings (SSSR count). The van der Waals surface area contributed by atoms with Crippen LogP contribution in [0.25, 0.3) is 0 Å². The molecule has 2 N–H and O–H groups in total. The van der Waals surface area contributed by atoms with Gasteiger partial charge in [0.15, 0.2) is 0 Å². The van der Waals surface area contributed by atoms with Gasteiger partial charge >= 0.3 is 0 Å². The van der Waals surface area contributed by atoms with Crippen LogP contribution in [-0.4, -0.2) is 39.9 Å². The van der Waals surface area contributed by atoms with Crippen molar-refractivity contribution in [2.24, 2.45) is 11.7 Å². The molecule has 1 aliphatic rings. The lowest BCUT2D eigenvalue weighted by atomic mass is 10.1. The number of nitro groups is 1. The summed E-state index contributed by atoms with van der Waals surface area (Å²) in [6, 6.07) is 1.35. The van der Waals surface area contributed by atoms with Gasteiger partial charge in [0.1, 0.15) is 5.69 Å². The summed E-state index contributed by atoms with van der Waals surface area (Å²) >= 11 is 0. The maximum atomic E-state index is 12.5. The minimum absolute atomic E-state index is 0.0155. The largest absolute Gasteiger partial charge is 0.337 e. The van der Waals surface area contributed by atoms with Crippen LogP contribution in [0.1, 0.15) is 30.3 Å². The Labute approximate surface area is 117 Å². The van der Waals surface area contributed by atoms with Crippen LogP contribution in [0.2, 0.25) is 0 Å². The number of aryl methyl sites for hydroxylation is 1. The van der Waals surface area contributed by atoms with Crippen molar-refractivity contribution in [3.63, 3.8) is 0 Å². The van der Waals surface area contributed by atoms with Crippen molar-refractivity contribution in [3.8, 4) is 0 Å². The van der Waals surface area contributed by atoms with Gasteiger partial charge in [0.25, 0.3) is 11.6 Å². The molecule has 1 atom stereocenters. The van der Waals surface area contributed by atoms with E-state index in [4.69, 9.17) is 5.73 Å². The average Bonchev–Trinajstić information content (AvgIpc) is 3.16. The summed E-state index contributed by atoms with van der Waals surface area (Å²) in [5.74, 6) is 0.260. The molecule has 0 spiro atoms. The SMILES string of the molecule is CCn1cc([N+](=O)[O-])cc1C(=O)N(C)C(CN)C1CC1. The number of carbonyl (C=O) groups excluding carboxylic acids is 1. The van der Waals surface area contributed by atoms with Gasteiger partial charge < -0.3 is 15.2 Å². The number of amides is 1. The second kappa shape index (κ2) is 5.62. The van der Waals surface area contributed by atoms with Crippen LogP contribution >= 0.6 is 0 Å². The Bertz CT molecular complexity index is 522. The maximum Gasteiger partial charge on any atom is 0.287 e. The van der Waals surface area contributed by atoms with Crippen molar-refractivity contribution in [3.05, 3.63) is 28.1 Å². The highest BCUT2D eigenvalue weighted by Crippen LogP contribution is 2.35. The van der Waals surface area contributed by atoms with E-state index in [1.807, 2.05) is 6.92 Å². The zero-order valence-electron chi connectivity index (χ0n) is 11.8. The molecule has 110 valence electrons. The monoisotopic (exact) mass is 280 g/mol. The highest BCUT2D eigenvalue weighted by Gasteiger charge is 2.36. The molecule has 0 saturated heterocycles. The highest BCUT2D eigenvalue weighted by molar-refractivity contribution is 5.93. The van der Waals surface area contributed by atoms with Gasteiger partial charge in [-0.3, -0.25) is 14.9 Å². The van der Waals surface area contributed by atoms with Gasteiger partial charge in [-0.15, -0.1) is 0 Å². The van der Waals surface area contributed by atoms with Gasteiger partial charge in [0, 0.05) is 32.2 Å². The fourth-order valence-corrected chi connectivity index (χ4v) is 2.51. The summed E-state index contributed by atoms with van der Waals surface area (Å²) in [6.45, 7) is 2.78. The van der Waals surface area contributed by atoms with Crippen molar-refractivity contribution in [2.75, 3.05) is 13.6 Å². The van der Waals surface area contributed by atoms with E-state index < -0.39 is 4.92 Å². The van der Waals surface area contributed by atoms with Crippen molar-refractivity contribution in [1.82, 2.24) is 9.47 Å². The van der Waals surface area contributed by atoms with Crippen molar-refractivity contribution < 1.29 is 9.72 Å². The Morgan fingerprint density at radius 3 is 2.75 bits per heavy atom. The lowest BCUT2D eigenvalue weighted by molar-refractivity contribution is -0.384. The van der Waals surface area contributed by atoms with E-state index in [0.29, 0.717) is 24.7 Å². The Hall–Kier alpha value is -1.89. The number of hydrogen-bond acceptors (Lipinski definition) is 4. The minimum Gasteiger partial charge on any atom is -0.337 e. The maximum absolute atomic E-state index is 12.5. The van der Waals surface area contributed by atoms with Gasteiger partial charge in [-0.25, -0.2) is 0 Å². The molecule has 1 aromatic rings. The molecule has 1 unspecified atom stereocenters. The second-order valence-electron chi connectivity index (χ2n) is 5.18. The third-order valence-corrected chi connectivity index (χ3v) is 3.88. The minimum atomic E-state index is -0.482. The molecule has 7 nitrogen and oxygen atoms in total. The van der Waals surface area contributed by atoms with Crippen LogP contribution in [-0.2, 0) is 6.54 Å². The fraction of sp³-hybridized carbons (Fsp3) is 0.615. The predicted octanol–water partition coefficient (Wildman–Crippen LogP) is 1.23. The number of aromatic nitrogens is 1. The van der Waals surface area contributed by atoms with Gasteiger partial charge in [-0.2, -0.15) is 0 Å². The third kappa shape index (κ3) is 2.67. The lowest BCUT2D eigenvalue weighted by Gasteiger charge is -2.27. The van der Waals surface area contributed by atoms with Crippen LogP contribution < -0.4 is 5.73 Å². The molecule has 7 heteroatoms. The summed E-state index contributed by atoms with van der Waals surface area (Å²) in [4.78, 5) is 24.5. The molecular weight excluding hydrogens is 260 g/mol. The Balaban J connectivity index is 2.25. The van der Waals surface area contributed by atoms with Crippen LogP contribution in [0.3, 0.4) is 0 Å². The van der Waals surface area contributed by atoms with Crippen LogP contribution in [0, 0.1) is 16.0 Å². The topological polar surface area (TPSA) is 94.4 Å². The molecule has 1 fully saturated rings. The quantitative estimate of drug-likeness (QED) is 0.626. The van der Waals surface area contributed by atoms with E-state index in [1.54, 1.807) is 16.5 Å². The van der Waals surface area contributed by atoms with Crippen molar-refractivity contribution in [1.29, 1.82) is 0 Å². The normalized spacial score (nSPS) is 15.9. The summed E-state index contributed by atoms with van der Waals surface area (Å²) in [5.41, 5.74) is 6.04. The number of nitrogens with zero attached hydrogens (tertiary/aromatic N) is 3. The first-order chi connectivity index (χ1) is 9.49. The van der Waals surface area contributed by atoms with E-state index in [2.05, 4.69) is 0 Å². The molecule has 0 aliphatic heterocycles. The Morgan fingerprint density at radius 1 is 1.65 bits per heavy atom. The summed E-state index contributed by atoms with van der Waals surface area (Å²) in [6.07, 6.45) is 3.58. The van der Waals surface area contributed by atoms with E-state index in [-0.39, 0.29) is 17.6 Å². The fourth-order valence-electron chi connectivity index (χ4n) is 2.51. The smallest absolute Gasteiger partial charge is 0.287 e. The summed E-state index contributed by atoms with van der Waals surface area (Å²) in [7, 11) is 1.72. The van der Waals surface area contributed by atoms with Crippen molar-refractivity contribution in [2.45, 2.75) is 32.4 Å². The zero-order chi connectivity index (χ0) is 14.9. The summed E-state index contributed by atoms with van der Waals surface area (Å²) in [5, 5.41) is 10.8. The van der Waals surface area contributed by atoms with Gasteiger partial charge in [0.05, 0.1) is 11.1 Å². The molecular formula is C13H20N4O3. The number of likely N-dealkylation sites (N-methyl/N-ethyl adjacent to an activating group) is 1. The molecule has 0 aromatic carbocycles. The standard InChI is InChI=1S/C13H20N4O3/c1-3-16-8-10(17(19)20)6-11(16)13(18)15(2)12(7-14)9-4-5-9/h6,8-9,12H,3-5,7,14H2,1-2H3. The molecule has 1 saturated carbocycles. The van der Waals surface area contributed by atoms with E-state index in [0.717, 1.165) is 12.8 Å². The van der Waals surface area contributed by atoms with Crippen LogP contribution in [0.4, 0.5) is 5.69 Å². The number of rotatable bonds is 6. The first-order valence-electron chi connectivity index (χ1n) is 6.81. The van der Waals surface area contributed by atoms with E-state index >= 15 is 0 Å². The third-order valence-electron chi connectivity index (χ3n) is 3.88. The molecule has 1 amide bonds. The average molecular weight is 280 g/mol. The predicted molar refractivity (Wildman–Crippen MR) is 74.4 cm³/mol. The molecule has 20 heavy (non-hydrogen) atoms. The van der Waals surface area contributed by atoms with Crippen LogP contribution in [0.5, 0.6) is 0 Å². The molecule has 0 bridgehead atoms. The first kappa shape index (κ1) is 14.5. The molecule has 1 aliphatic carbocycles. The zero-order valence-corrected chi connectivity index (χ0v) is 11.8. The van der Waals surface area contributed by atoms with Gasteiger partial charge in [-0.1, -0.05) is 0 Å². The number of hydrogen-bond donors (Lipinski definition) is 1. The van der Waals surface area contributed by atoms with Crippen LogP contribution in [0.15, 0.2) is 12.3 Å². The summed E-state index contributed by atoms with van der Waals surface area (Å²) < 4.78 is 1.61.